The lowest BCUT2D eigenvalue weighted by Gasteiger charge is -2.33. The third-order valence-corrected chi connectivity index (χ3v) is 3.17. The molecule has 2 N–H and O–H groups in total. The minimum atomic E-state index is -0.318. The monoisotopic (exact) mass is 235 g/mol. The van der Waals surface area contributed by atoms with E-state index < -0.39 is 0 Å². The van der Waals surface area contributed by atoms with Crippen molar-refractivity contribution in [2.75, 3.05) is 19.8 Å². The van der Waals surface area contributed by atoms with Gasteiger partial charge in [0.2, 0.25) is 0 Å². The summed E-state index contributed by atoms with van der Waals surface area (Å²) in [7, 11) is 0. The van der Waals surface area contributed by atoms with Crippen LogP contribution in [0.4, 0.5) is 0 Å². The summed E-state index contributed by atoms with van der Waals surface area (Å²) in [4.78, 5) is 0. The Balaban J connectivity index is 2.06. The van der Waals surface area contributed by atoms with E-state index in [9.17, 15) is 0 Å². The molecule has 0 aromatic heterocycles. The van der Waals surface area contributed by atoms with Gasteiger partial charge in [0.1, 0.15) is 5.75 Å². The Morgan fingerprint density at radius 3 is 2.71 bits per heavy atom. The van der Waals surface area contributed by atoms with Crippen molar-refractivity contribution >= 4 is 0 Å². The van der Waals surface area contributed by atoms with Crippen molar-refractivity contribution in [3.8, 4) is 5.75 Å². The van der Waals surface area contributed by atoms with Crippen LogP contribution in [0.1, 0.15) is 31.7 Å². The molecule has 1 saturated heterocycles. The quantitative estimate of drug-likeness (QED) is 0.871. The minimum Gasteiger partial charge on any atom is -0.494 e. The topological polar surface area (TPSA) is 44.5 Å². The van der Waals surface area contributed by atoms with Crippen LogP contribution in [0.25, 0.3) is 0 Å². The lowest BCUT2D eigenvalue weighted by atomic mass is 9.86. The van der Waals surface area contributed by atoms with Crippen LogP contribution in [0.3, 0.4) is 0 Å². The van der Waals surface area contributed by atoms with Gasteiger partial charge in [0, 0.05) is 6.61 Å². The molecule has 1 fully saturated rings. The fraction of sp³-hybridized carbons (Fsp3) is 0.571. The average molecular weight is 235 g/mol. The molecule has 0 spiro atoms. The van der Waals surface area contributed by atoms with Gasteiger partial charge in [-0.2, -0.15) is 0 Å². The summed E-state index contributed by atoms with van der Waals surface area (Å²) in [5, 5.41) is 0. The number of rotatable bonds is 4. The summed E-state index contributed by atoms with van der Waals surface area (Å²) in [5.74, 6) is 0.913. The van der Waals surface area contributed by atoms with E-state index in [0.29, 0.717) is 6.61 Å². The van der Waals surface area contributed by atoms with E-state index in [1.807, 2.05) is 12.1 Å². The highest BCUT2D eigenvalue weighted by atomic mass is 16.5. The van der Waals surface area contributed by atoms with Crippen LogP contribution in [-0.2, 0) is 10.3 Å². The molecule has 0 radical (unpaired) electrons. The largest absolute Gasteiger partial charge is 0.494 e. The minimum absolute atomic E-state index is 0.318. The first-order valence-corrected chi connectivity index (χ1v) is 6.34. The van der Waals surface area contributed by atoms with E-state index >= 15 is 0 Å². The van der Waals surface area contributed by atoms with E-state index in [4.69, 9.17) is 15.2 Å². The molecule has 94 valence electrons. The van der Waals surface area contributed by atoms with Gasteiger partial charge in [-0.25, -0.2) is 0 Å². The van der Waals surface area contributed by atoms with Crippen molar-refractivity contribution in [2.45, 2.75) is 31.7 Å². The third kappa shape index (κ3) is 2.99. The number of hydrogen-bond acceptors (Lipinski definition) is 3. The number of benzene rings is 1. The Morgan fingerprint density at radius 1 is 1.35 bits per heavy atom. The molecule has 3 heteroatoms. The van der Waals surface area contributed by atoms with Crippen molar-refractivity contribution in [3.63, 3.8) is 0 Å². The standard InChI is InChI=1S/C14H21NO2/c1-2-9-17-13-6-4-12(5-7-13)14(15)8-3-10-16-11-14/h4-7H,2-3,8-11,15H2,1H3. The van der Waals surface area contributed by atoms with Gasteiger partial charge in [-0.15, -0.1) is 0 Å². The summed E-state index contributed by atoms with van der Waals surface area (Å²) >= 11 is 0. The Bertz CT molecular complexity index is 342. The summed E-state index contributed by atoms with van der Waals surface area (Å²) < 4.78 is 11.0. The smallest absolute Gasteiger partial charge is 0.119 e. The van der Waals surface area contributed by atoms with E-state index in [1.165, 1.54) is 0 Å². The highest BCUT2D eigenvalue weighted by Crippen LogP contribution is 2.28. The lowest BCUT2D eigenvalue weighted by Crippen LogP contribution is -2.44. The van der Waals surface area contributed by atoms with Crippen LogP contribution >= 0.6 is 0 Å². The van der Waals surface area contributed by atoms with Crippen LogP contribution in [0, 0.1) is 0 Å². The second kappa shape index (κ2) is 5.52. The fourth-order valence-corrected chi connectivity index (χ4v) is 2.15. The maximum absolute atomic E-state index is 6.36. The summed E-state index contributed by atoms with van der Waals surface area (Å²) in [6.07, 6.45) is 3.04. The van der Waals surface area contributed by atoms with Gasteiger partial charge < -0.3 is 15.2 Å². The van der Waals surface area contributed by atoms with Crippen LogP contribution in [-0.4, -0.2) is 19.8 Å². The van der Waals surface area contributed by atoms with Crippen LogP contribution in [0.15, 0.2) is 24.3 Å². The Labute approximate surface area is 103 Å². The van der Waals surface area contributed by atoms with Gasteiger partial charge in [-0.3, -0.25) is 0 Å². The van der Waals surface area contributed by atoms with Crippen LogP contribution in [0.5, 0.6) is 5.75 Å². The molecule has 1 atom stereocenters. The summed E-state index contributed by atoms with van der Waals surface area (Å²) in [6, 6.07) is 8.10. The molecule has 0 saturated carbocycles. The second-order valence-corrected chi connectivity index (χ2v) is 4.69. The third-order valence-electron chi connectivity index (χ3n) is 3.17. The van der Waals surface area contributed by atoms with Crippen LogP contribution in [0.2, 0.25) is 0 Å². The van der Waals surface area contributed by atoms with Crippen LogP contribution < -0.4 is 10.5 Å². The van der Waals surface area contributed by atoms with Gasteiger partial charge >= 0.3 is 0 Å². The molecule has 0 aliphatic carbocycles. The highest BCUT2D eigenvalue weighted by Gasteiger charge is 2.30. The van der Waals surface area contributed by atoms with Gasteiger partial charge in [-0.1, -0.05) is 19.1 Å². The van der Waals surface area contributed by atoms with Crippen molar-refractivity contribution in [1.29, 1.82) is 0 Å². The summed E-state index contributed by atoms with van der Waals surface area (Å²) in [6.45, 7) is 4.30. The number of ether oxygens (including phenoxy) is 2. The Kier molecular flexibility index (Phi) is 4.02. The molecule has 1 unspecified atom stereocenters. The molecule has 3 nitrogen and oxygen atoms in total. The summed E-state index contributed by atoms with van der Waals surface area (Å²) in [5.41, 5.74) is 7.19. The average Bonchev–Trinajstić information content (AvgIpc) is 2.38. The molecule has 17 heavy (non-hydrogen) atoms. The zero-order valence-electron chi connectivity index (χ0n) is 10.4. The molecule has 1 heterocycles. The first-order valence-electron chi connectivity index (χ1n) is 6.34. The molecule has 0 amide bonds. The zero-order valence-corrected chi connectivity index (χ0v) is 10.4. The zero-order chi connectivity index (χ0) is 12.1. The number of nitrogens with two attached hydrogens (primary N) is 1. The maximum atomic E-state index is 6.36. The lowest BCUT2D eigenvalue weighted by molar-refractivity contribution is 0.0366. The van der Waals surface area contributed by atoms with Gasteiger partial charge in [0.15, 0.2) is 0 Å². The van der Waals surface area contributed by atoms with Crippen molar-refractivity contribution in [2.24, 2.45) is 5.73 Å². The first-order chi connectivity index (χ1) is 8.24. The van der Waals surface area contributed by atoms with E-state index in [0.717, 1.165) is 43.8 Å². The molecule has 1 aliphatic heterocycles. The predicted octanol–water partition coefficient (Wildman–Crippen LogP) is 2.44. The fourth-order valence-electron chi connectivity index (χ4n) is 2.15. The molecular weight excluding hydrogens is 214 g/mol. The number of hydrogen-bond donors (Lipinski definition) is 1. The van der Waals surface area contributed by atoms with Gasteiger partial charge in [-0.05, 0) is 37.0 Å². The van der Waals surface area contributed by atoms with E-state index in [2.05, 4.69) is 19.1 Å². The van der Waals surface area contributed by atoms with E-state index in [-0.39, 0.29) is 5.54 Å². The molecule has 2 rings (SSSR count). The van der Waals surface area contributed by atoms with Crippen molar-refractivity contribution < 1.29 is 9.47 Å². The Morgan fingerprint density at radius 2 is 2.12 bits per heavy atom. The molecule has 1 aromatic rings. The Hall–Kier alpha value is -1.06. The molecule has 1 aliphatic rings. The highest BCUT2D eigenvalue weighted by molar-refractivity contribution is 5.32. The molecule has 1 aromatic carbocycles. The van der Waals surface area contributed by atoms with Crippen molar-refractivity contribution in [3.05, 3.63) is 29.8 Å². The van der Waals surface area contributed by atoms with E-state index in [1.54, 1.807) is 0 Å². The molecule has 0 bridgehead atoms. The first kappa shape index (κ1) is 12.4. The molecular formula is C14H21NO2. The maximum Gasteiger partial charge on any atom is 0.119 e. The van der Waals surface area contributed by atoms with Gasteiger partial charge in [0.25, 0.3) is 0 Å². The van der Waals surface area contributed by atoms with Gasteiger partial charge in [0.05, 0.1) is 18.8 Å². The SMILES string of the molecule is CCCOc1ccc(C2(N)CCCOC2)cc1. The second-order valence-electron chi connectivity index (χ2n) is 4.69. The normalized spacial score (nSPS) is 24.6. The van der Waals surface area contributed by atoms with Crippen molar-refractivity contribution in [1.82, 2.24) is 0 Å². The predicted molar refractivity (Wildman–Crippen MR) is 68.1 cm³/mol.